The number of nitrogens with two attached hydrogens (primary N) is 1. The lowest BCUT2D eigenvalue weighted by Crippen LogP contribution is -2.50. The van der Waals surface area contributed by atoms with E-state index in [4.69, 9.17) is 9.88 Å². The second-order valence-electron chi connectivity index (χ2n) is 9.57. The maximum atomic E-state index is 13.5. The third-order valence-electron chi connectivity index (χ3n) is 7.26. The minimum atomic E-state index is -3.88. The molecule has 8 nitrogen and oxygen atoms in total. The fraction of sp³-hybridized carbons (Fsp3) is 0.591. The number of benzene rings is 1. The van der Waals surface area contributed by atoms with Gasteiger partial charge in [0.1, 0.15) is 6.54 Å². The van der Waals surface area contributed by atoms with Crippen LogP contribution in [0.4, 0.5) is 0 Å². The van der Waals surface area contributed by atoms with E-state index < -0.39 is 21.4 Å². The fourth-order valence-corrected chi connectivity index (χ4v) is 8.06. The Hall–Kier alpha value is -2.04. The van der Waals surface area contributed by atoms with E-state index in [0.717, 1.165) is 19.3 Å². The van der Waals surface area contributed by atoms with Crippen molar-refractivity contribution in [3.8, 4) is 0 Å². The highest BCUT2D eigenvalue weighted by atomic mass is 32.2. The molecule has 4 saturated carbocycles. The van der Waals surface area contributed by atoms with Gasteiger partial charge < -0.3 is 9.30 Å². The lowest BCUT2D eigenvalue weighted by Gasteiger charge is -2.55. The molecule has 0 spiro atoms. The number of primary sulfonamides is 1. The van der Waals surface area contributed by atoms with Crippen LogP contribution >= 0.6 is 11.3 Å². The van der Waals surface area contributed by atoms with E-state index in [1.54, 1.807) is 17.6 Å². The summed E-state index contributed by atoms with van der Waals surface area (Å²) in [6.07, 6.45) is 6.40. The van der Waals surface area contributed by atoms with Crippen molar-refractivity contribution in [2.75, 3.05) is 6.61 Å². The number of ether oxygens (including phenoxy) is 1. The Kier molecular flexibility index (Phi) is 5.29. The number of rotatable bonds is 5. The number of thiazole rings is 1. The predicted molar refractivity (Wildman–Crippen MR) is 119 cm³/mol. The van der Waals surface area contributed by atoms with Gasteiger partial charge in [-0.15, -0.1) is 0 Å². The molecule has 1 aromatic carbocycles. The number of hydrogen-bond donors (Lipinski definition) is 1. The molecule has 1 heterocycles. The average Bonchev–Trinajstić information content (AvgIpc) is 3.03. The molecule has 2 aromatic rings. The molecule has 4 aliphatic carbocycles. The summed E-state index contributed by atoms with van der Waals surface area (Å²) in [5, 5.41) is 5.28. The summed E-state index contributed by atoms with van der Waals surface area (Å²) in [7, 11) is -3.88. The number of nitrogens with zero attached hydrogens (tertiary/aromatic N) is 2. The van der Waals surface area contributed by atoms with Crippen molar-refractivity contribution in [3.05, 3.63) is 23.0 Å². The molecule has 6 rings (SSSR count). The maximum absolute atomic E-state index is 13.5. The van der Waals surface area contributed by atoms with E-state index in [1.807, 2.05) is 0 Å². The van der Waals surface area contributed by atoms with Crippen LogP contribution in [0.2, 0.25) is 0 Å². The smallest absolute Gasteiger partial charge is 0.326 e. The number of amides is 1. The zero-order valence-electron chi connectivity index (χ0n) is 18.0. The molecule has 0 radical (unpaired) electrons. The van der Waals surface area contributed by atoms with Crippen LogP contribution in [0.25, 0.3) is 10.2 Å². The van der Waals surface area contributed by atoms with Crippen LogP contribution in [0, 0.1) is 23.2 Å². The lowest BCUT2D eigenvalue weighted by atomic mass is 9.49. The van der Waals surface area contributed by atoms with E-state index in [-0.39, 0.29) is 24.0 Å². The molecule has 0 atom stereocenters. The third-order valence-corrected chi connectivity index (χ3v) is 9.22. The SMILES string of the molecule is CCOC(=O)Cn1c(=NC(=O)C23CC4CC(CC(C4)C2)C3)sc2cc(S(N)(=O)=O)ccc21. The second kappa shape index (κ2) is 7.78. The number of hydrogen-bond acceptors (Lipinski definition) is 6. The van der Waals surface area contributed by atoms with Crippen LogP contribution in [-0.2, 0) is 30.9 Å². The van der Waals surface area contributed by atoms with Gasteiger partial charge in [-0.2, -0.15) is 4.99 Å². The highest BCUT2D eigenvalue weighted by Crippen LogP contribution is 2.60. The quantitative estimate of drug-likeness (QED) is 0.664. The van der Waals surface area contributed by atoms with Crippen molar-refractivity contribution in [3.63, 3.8) is 0 Å². The summed E-state index contributed by atoms with van der Waals surface area (Å²) in [5.41, 5.74) is 0.228. The average molecular weight is 478 g/mol. The third kappa shape index (κ3) is 3.82. The van der Waals surface area contributed by atoms with Gasteiger partial charge in [-0.25, -0.2) is 13.6 Å². The minimum Gasteiger partial charge on any atom is -0.465 e. The largest absolute Gasteiger partial charge is 0.465 e. The van der Waals surface area contributed by atoms with Crippen LogP contribution in [0.3, 0.4) is 0 Å². The maximum Gasteiger partial charge on any atom is 0.326 e. The lowest BCUT2D eigenvalue weighted by molar-refractivity contribution is -0.144. The normalized spacial score (nSPS) is 29.6. The first-order valence-electron chi connectivity index (χ1n) is 11.1. The zero-order valence-corrected chi connectivity index (χ0v) is 19.6. The highest BCUT2D eigenvalue weighted by molar-refractivity contribution is 7.89. The first-order chi connectivity index (χ1) is 15.2. The van der Waals surface area contributed by atoms with Crippen LogP contribution in [0.1, 0.15) is 45.4 Å². The predicted octanol–water partition coefficient (Wildman–Crippen LogP) is 2.56. The van der Waals surface area contributed by atoms with Gasteiger partial charge in [0.2, 0.25) is 10.0 Å². The first-order valence-corrected chi connectivity index (χ1v) is 13.4. The summed E-state index contributed by atoms with van der Waals surface area (Å²) >= 11 is 1.19. The van der Waals surface area contributed by atoms with E-state index in [0.29, 0.717) is 32.8 Å². The topological polar surface area (TPSA) is 121 Å². The number of esters is 1. The van der Waals surface area contributed by atoms with Gasteiger partial charge in [0.15, 0.2) is 4.80 Å². The van der Waals surface area contributed by atoms with Crippen molar-refractivity contribution in [2.45, 2.75) is 56.9 Å². The van der Waals surface area contributed by atoms with Gasteiger partial charge in [-0.3, -0.25) is 9.59 Å². The number of carbonyl (C=O) groups excluding carboxylic acids is 2. The molecular weight excluding hydrogens is 450 g/mol. The Morgan fingerprint density at radius 1 is 1.19 bits per heavy atom. The second-order valence-corrected chi connectivity index (χ2v) is 12.1. The van der Waals surface area contributed by atoms with E-state index in [1.165, 1.54) is 42.7 Å². The molecule has 4 bridgehead atoms. The van der Waals surface area contributed by atoms with E-state index in [9.17, 15) is 18.0 Å². The van der Waals surface area contributed by atoms with Crippen LogP contribution in [0.5, 0.6) is 0 Å². The molecule has 1 aromatic heterocycles. The van der Waals surface area contributed by atoms with Crippen LogP contribution < -0.4 is 9.94 Å². The van der Waals surface area contributed by atoms with Crippen molar-refractivity contribution >= 4 is 43.5 Å². The number of sulfonamides is 1. The van der Waals surface area contributed by atoms with Gasteiger partial charge in [0.05, 0.1) is 27.1 Å². The summed E-state index contributed by atoms with van der Waals surface area (Å²) in [6, 6.07) is 4.46. The Morgan fingerprint density at radius 2 is 1.81 bits per heavy atom. The summed E-state index contributed by atoms with van der Waals surface area (Å²) in [4.78, 5) is 30.7. The van der Waals surface area contributed by atoms with Crippen molar-refractivity contribution < 1.29 is 22.7 Å². The molecule has 2 N–H and O–H groups in total. The monoisotopic (exact) mass is 477 g/mol. The molecule has 0 saturated heterocycles. The summed E-state index contributed by atoms with van der Waals surface area (Å²) < 4.78 is 30.9. The van der Waals surface area contributed by atoms with Gasteiger partial charge >= 0.3 is 5.97 Å². The Bertz CT molecular complexity index is 1240. The van der Waals surface area contributed by atoms with Crippen molar-refractivity contribution in [2.24, 2.45) is 33.3 Å². The number of aromatic nitrogens is 1. The molecule has 10 heteroatoms. The molecule has 1 amide bonds. The summed E-state index contributed by atoms with van der Waals surface area (Å²) in [6.45, 7) is 1.87. The Labute approximate surface area is 190 Å². The first kappa shape index (κ1) is 21.8. The number of carbonyl (C=O) groups is 2. The van der Waals surface area contributed by atoms with E-state index in [2.05, 4.69) is 4.99 Å². The molecule has 4 aliphatic rings. The standard InChI is InChI=1S/C22H27N3O5S2/c1-2-30-19(26)12-25-17-4-3-16(32(23,28)29)8-18(17)31-21(25)24-20(27)22-9-13-5-14(10-22)7-15(6-13)11-22/h3-4,8,13-15H,2,5-7,9-12H2,1H3,(H2,23,28,29). The van der Waals surface area contributed by atoms with Crippen LogP contribution in [-0.4, -0.2) is 31.5 Å². The number of fused-ring (bicyclic) bond motifs is 1. The van der Waals surface area contributed by atoms with Gasteiger partial charge in [-0.1, -0.05) is 11.3 Å². The molecular formula is C22H27N3O5S2. The molecule has 172 valence electrons. The van der Waals surface area contributed by atoms with Gasteiger partial charge in [0, 0.05) is 0 Å². The summed E-state index contributed by atoms with van der Waals surface area (Å²) in [5.74, 6) is 1.31. The molecule has 4 fully saturated rings. The van der Waals surface area contributed by atoms with Crippen molar-refractivity contribution in [1.29, 1.82) is 0 Å². The molecule has 0 unspecified atom stereocenters. The van der Waals surface area contributed by atoms with E-state index >= 15 is 0 Å². The molecule has 0 aliphatic heterocycles. The zero-order chi connectivity index (χ0) is 22.7. The van der Waals surface area contributed by atoms with Crippen LogP contribution in [0.15, 0.2) is 28.1 Å². The highest BCUT2D eigenvalue weighted by Gasteiger charge is 2.54. The van der Waals surface area contributed by atoms with Gasteiger partial charge in [-0.05, 0) is 81.4 Å². The minimum absolute atomic E-state index is 0.0199. The van der Waals surface area contributed by atoms with Crippen molar-refractivity contribution in [1.82, 2.24) is 4.57 Å². The van der Waals surface area contributed by atoms with Gasteiger partial charge in [0.25, 0.3) is 5.91 Å². The molecule has 32 heavy (non-hydrogen) atoms. The Balaban J connectivity index is 1.59. The fourth-order valence-electron chi connectivity index (χ4n) is 6.38. The Morgan fingerprint density at radius 3 is 2.38 bits per heavy atom.